The number of ketones is 1. The van der Waals surface area contributed by atoms with Crippen LogP contribution >= 0.6 is 23.2 Å². The summed E-state index contributed by atoms with van der Waals surface area (Å²) in [5.74, 6) is -1.43. The molecule has 2 heterocycles. The highest BCUT2D eigenvalue weighted by atomic mass is 35.5. The number of Topliss-reactive ketones (excluding diaryl/α,β-unsaturated/α-hetero) is 1. The van der Waals surface area contributed by atoms with Gasteiger partial charge in [-0.1, -0.05) is 42.1 Å². The summed E-state index contributed by atoms with van der Waals surface area (Å²) in [4.78, 5) is 32.0. The lowest BCUT2D eigenvalue weighted by Crippen LogP contribution is -2.37. The van der Waals surface area contributed by atoms with Gasteiger partial charge in [0.15, 0.2) is 5.75 Å². The third kappa shape index (κ3) is 3.44. The normalized spacial score (nSPS) is 21.4. The number of aliphatic hydroxyl groups excluding tert-OH is 1. The van der Waals surface area contributed by atoms with Crippen molar-refractivity contribution in [1.82, 2.24) is 9.88 Å². The number of aliphatic hydroxyl groups is 1. The average molecular weight is 447 g/mol. The maximum absolute atomic E-state index is 13.0. The minimum Gasteiger partial charge on any atom is -0.507 e. The SMILES string of the molecule is COc1c(Cl)cc(/C(O)=C2\C(=O)C(=O)N(C3CCCC3)C2c2ccccn2)cc1Cl. The van der Waals surface area contributed by atoms with E-state index < -0.39 is 17.7 Å². The summed E-state index contributed by atoms with van der Waals surface area (Å²) in [6.45, 7) is 0. The number of halogens is 2. The van der Waals surface area contributed by atoms with E-state index in [1.54, 1.807) is 29.3 Å². The maximum Gasteiger partial charge on any atom is 0.295 e. The smallest absolute Gasteiger partial charge is 0.295 e. The fourth-order valence-electron chi connectivity index (χ4n) is 4.28. The highest BCUT2D eigenvalue weighted by molar-refractivity contribution is 6.46. The van der Waals surface area contributed by atoms with Crippen molar-refractivity contribution < 1.29 is 19.4 Å². The minimum atomic E-state index is -0.769. The van der Waals surface area contributed by atoms with E-state index in [0.717, 1.165) is 25.7 Å². The van der Waals surface area contributed by atoms with E-state index in [1.807, 2.05) is 0 Å². The van der Waals surface area contributed by atoms with Gasteiger partial charge >= 0.3 is 0 Å². The molecule has 1 aromatic carbocycles. The van der Waals surface area contributed by atoms with Crippen LogP contribution in [-0.2, 0) is 9.59 Å². The summed E-state index contributed by atoms with van der Waals surface area (Å²) >= 11 is 12.4. The molecule has 30 heavy (non-hydrogen) atoms. The summed E-state index contributed by atoms with van der Waals surface area (Å²) in [7, 11) is 1.43. The maximum atomic E-state index is 13.0. The van der Waals surface area contributed by atoms with Crippen LogP contribution in [0.5, 0.6) is 5.75 Å². The number of aromatic nitrogens is 1. The predicted molar refractivity (Wildman–Crippen MR) is 114 cm³/mol. The highest BCUT2D eigenvalue weighted by Crippen LogP contribution is 2.44. The van der Waals surface area contributed by atoms with Crippen LogP contribution < -0.4 is 4.74 Å². The molecule has 1 saturated heterocycles. The topological polar surface area (TPSA) is 79.7 Å². The van der Waals surface area contributed by atoms with Crippen molar-refractivity contribution in [2.45, 2.75) is 37.8 Å². The molecule has 1 saturated carbocycles. The van der Waals surface area contributed by atoms with Crippen molar-refractivity contribution in [1.29, 1.82) is 0 Å². The molecule has 0 bridgehead atoms. The minimum absolute atomic E-state index is 0.0112. The number of hydrogen-bond acceptors (Lipinski definition) is 5. The van der Waals surface area contributed by atoms with Gasteiger partial charge in [0.05, 0.1) is 28.4 Å². The zero-order valence-corrected chi connectivity index (χ0v) is 17.8. The van der Waals surface area contributed by atoms with Crippen LogP contribution in [0.4, 0.5) is 0 Å². The zero-order chi connectivity index (χ0) is 21.4. The van der Waals surface area contributed by atoms with Gasteiger partial charge in [0.2, 0.25) is 0 Å². The number of methoxy groups -OCH3 is 1. The molecule has 1 amide bonds. The Morgan fingerprint density at radius 2 is 1.83 bits per heavy atom. The van der Waals surface area contributed by atoms with Gasteiger partial charge in [-0.2, -0.15) is 0 Å². The van der Waals surface area contributed by atoms with Gasteiger partial charge in [-0.3, -0.25) is 14.6 Å². The van der Waals surface area contributed by atoms with E-state index in [9.17, 15) is 14.7 Å². The van der Waals surface area contributed by atoms with Crippen LogP contribution in [0.1, 0.15) is 43.0 Å². The Morgan fingerprint density at radius 3 is 2.40 bits per heavy atom. The van der Waals surface area contributed by atoms with Crippen molar-refractivity contribution in [3.05, 3.63) is 63.4 Å². The van der Waals surface area contributed by atoms with Crippen molar-refractivity contribution in [2.75, 3.05) is 7.11 Å². The fraction of sp³-hybridized carbons (Fsp3) is 0.318. The van der Waals surface area contributed by atoms with Gasteiger partial charge in [-0.05, 0) is 37.1 Å². The molecule has 8 heteroatoms. The Hall–Kier alpha value is -2.57. The molecule has 0 radical (unpaired) electrons. The van der Waals surface area contributed by atoms with E-state index in [1.165, 1.54) is 19.2 Å². The van der Waals surface area contributed by atoms with Crippen molar-refractivity contribution >= 4 is 40.7 Å². The number of ether oxygens (including phenoxy) is 1. The quantitative estimate of drug-likeness (QED) is 0.415. The Kier molecular flexibility index (Phi) is 5.71. The molecule has 4 rings (SSSR count). The lowest BCUT2D eigenvalue weighted by molar-refractivity contribution is -0.141. The van der Waals surface area contributed by atoms with Crippen LogP contribution in [0.15, 0.2) is 42.1 Å². The summed E-state index contributed by atoms with van der Waals surface area (Å²) in [6, 6.07) is 7.38. The number of nitrogens with zero attached hydrogens (tertiary/aromatic N) is 2. The predicted octanol–water partition coefficient (Wildman–Crippen LogP) is 4.76. The molecule has 1 atom stereocenters. The number of carbonyl (C=O) groups is 2. The summed E-state index contributed by atoms with van der Waals surface area (Å²) in [5.41, 5.74) is 0.745. The molecule has 1 aromatic heterocycles. The third-order valence-corrected chi connectivity index (χ3v) is 6.20. The van der Waals surface area contributed by atoms with Crippen LogP contribution in [0.2, 0.25) is 10.0 Å². The van der Waals surface area contributed by atoms with E-state index in [4.69, 9.17) is 27.9 Å². The molecule has 6 nitrogen and oxygen atoms in total. The average Bonchev–Trinajstić information content (AvgIpc) is 3.35. The lowest BCUT2D eigenvalue weighted by atomic mass is 9.97. The van der Waals surface area contributed by atoms with E-state index in [2.05, 4.69) is 4.98 Å². The highest BCUT2D eigenvalue weighted by Gasteiger charge is 2.49. The number of rotatable bonds is 4. The summed E-state index contributed by atoms with van der Waals surface area (Å²) in [6.07, 6.45) is 5.22. The fourth-order valence-corrected chi connectivity index (χ4v) is 4.93. The van der Waals surface area contributed by atoms with Crippen LogP contribution in [0.3, 0.4) is 0 Å². The lowest BCUT2D eigenvalue weighted by Gasteiger charge is -2.30. The molecule has 156 valence electrons. The molecule has 2 aliphatic rings. The van der Waals surface area contributed by atoms with Gasteiger partial charge < -0.3 is 14.7 Å². The second-order valence-electron chi connectivity index (χ2n) is 7.37. The number of carbonyl (C=O) groups excluding carboxylic acids is 2. The van der Waals surface area contributed by atoms with Gasteiger partial charge in [0.1, 0.15) is 11.8 Å². The molecular formula is C22H20Cl2N2O4. The Balaban J connectivity index is 1.89. The molecule has 1 aliphatic carbocycles. The molecule has 2 aromatic rings. The third-order valence-electron chi connectivity index (χ3n) is 5.64. The first-order chi connectivity index (χ1) is 14.4. The second kappa shape index (κ2) is 8.28. The Bertz CT molecular complexity index is 1010. The van der Waals surface area contributed by atoms with E-state index in [-0.39, 0.29) is 38.7 Å². The Morgan fingerprint density at radius 1 is 1.17 bits per heavy atom. The molecule has 1 aliphatic heterocycles. The monoisotopic (exact) mass is 446 g/mol. The second-order valence-corrected chi connectivity index (χ2v) is 8.19. The van der Waals surface area contributed by atoms with Gasteiger partial charge in [-0.15, -0.1) is 0 Å². The number of pyridine rings is 1. The van der Waals surface area contributed by atoms with Crippen molar-refractivity contribution in [3.63, 3.8) is 0 Å². The van der Waals surface area contributed by atoms with Gasteiger partial charge in [0.25, 0.3) is 11.7 Å². The van der Waals surface area contributed by atoms with Gasteiger partial charge in [0, 0.05) is 17.8 Å². The number of hydrogen-bond donors (Lipinski definition) is 1. The van der Waals surface area contributed by atoms with Crippen LogP contribution in [0, 0.1) is 0 Å². The first-order valence-electron chi connectivity index (χ1n) is 9.68. The summed E-state index contributed by atoms with van der Waals surface area (Å²) < 4.78 is 5.15. The largest absolute Gasteiger partial charge is 0.507 e. The molecule has 1 N–H and O–H groups in total. The first kappa shape index (κ1) is 20.7. The number of likely N-dealkylation sites (tertiary alicyclic amines) is 1. The molecule has 2 fully saturated rings. The number of amides is 1. The van der Waals surface area contributed by atoms with E-state index >= 15 is 0 Å². The van der Waals surface area contributed by atoms with E-state index in [0.29, 0.717) is 5.69 Å². The molecular weight excluding hydrogens is 427 g/mol. The number of benzene rings is 1. The first-order valence-corrected chi connectivity index (χ1v) is 10.4. The summed E-state index contributed by atoms with van der Waals surface area (Å²) in [5, 5.41) is 11.5. The molecule has 0 spiro atoms. The standard InChI is InChI=1S/C22H20Cl2N2O4/c1-30-21-14(23)10-12(11-15(21)24)19(27)17-18(16-8-4-5-9-25-16)26(22(29)20(17)28)13-6-2-3-7-13/h4-5,8-11,13,18,27H,2-3,6-7H2,1H3/b19-17+. The van der Waals surface area contributed by atoms with Crippen molar-refractivity contribution in [3.8, 4) is 5.75 Å². The Labute approximate surface area is 184 Å². The van der Waals surface area contributed by atoms with Crippen molar-refractivity contribution in [2.24, 2.45) is 0 Å². The van der Waals surface area contributed by atoms with Crippen LogP contribution in [0.25, 0.3) is 5.76 Å². The molecule has 1 unspecified atom stereocenters. The van der Waals surface area contributed by atoms with Crippen LogP contribution in [-0.4, -0.2) is 39.8 Å². The zero-order valence-electron chi connectivity index (χ0n) is 16.3. The van der Waals surface area contributed by atoms with Gasteiger partial charge in [-0.25, -0.2) is 0 Å².